The number of fused-ring (bicyclic) bond motifs is 2. The number of nitrogens with zero attached hydrogens (tertiary/aromatic N) is 2. The zero-order chi connectivity index (χ0) is 16.0. The molecule has 1 aliphatic carbocycles. The second-order valence-electron chi connectivity index (χ2n) is 4.62. The number of carbonyl (C=O) groups excluding carboxylic acids is 2. The Morgan fingerprint density at radius 1 is 0.773 bits per heavy atom. The van der Waals surface area contributed by atoms with Gasteiger partial charge < -0.3 is 0 Å². The number of carbonyl (C=O) groups is 2. The molecule has 0 spiro atoms. The Labute approximate surface area is 136 Å². The molecular formula is C16H6N2O2S2. The Kier molecular flexibility index (Phi) is 3.29. The molecule has 0 bridgehead atoms. The molecule has 0 radical (unpaired) electrons. The molecule has 2 aromatic carbocycles. The van der Waals surface area contributed by atoms with Gasteiger partial charge in [0.15, 0.2) is 11.6 Å². The van der Waals surface area contributed by atoms with E-state index in [0.717, 1.165) is 0 Å². The normalized spacial score (nSPS) is 12.2. The first-order valence-corrected chi connectivity index (χ1v) is 7.02. The van der Waals surface area contributed by atoms with Crippen LogP contribution in [-0.2, 0) is 0 Å². The van der Waals surface area contributed by atoms with Crippen LogP contribution in [0.2, 0.25) is 0 Å². The van der Waals surface area contributed by atoms with Crippen LogP contribution in [0.25, 0.3) is 0 Å². The lowest BCUT2D eigenvalue weighted by atomic mass is 9.82. The van der Waals surface area contributed by atoms with Crippen LogP contribution >= 0.6 is 25.3 Å². The molecule has 0 N–H and O–H groups in total. The third-order valence-corrected chi connectivity index (χ3v) is 4.44. The second kappa shape index (κ2) is 5.03. The van der Waals surface area contributed by atoms with E-state index in [0.29, 0.717) is 0 Å². The fourth-order valence-corrected chi connectivity index (χ4v) is 3.28. The van der Waals surface area contributed by atoms with Crippen molar-refractivity contribution < 1.29 is 9.59 Å². The molecule has 0 unspecified atom stereocenters. The van der Waals surface area contributed by atoms with Gasteiger partial charge in [-0.25, -0.2) is 0 Å². The summed E-state index contributed by atoms with van der Waals surface area (Å²) in [5.41, 5.74) is 0.499. The highest BCUT2D eigenvalue weighted by Crippen LogP contribution is 2.38. The summed E-state index contributed by atoms with van der Waals surface area (Å²) in [6.45, 7) is 0. The van der Waals surface area contributed by atoms with Gasteiger partial charge in [-0.1, -0.05) is 24.3 Å². The van der Waals surface area contributed by atoms with Crippen LogP contribution in [0, 0.1) is 22.7 Å². The average molecular weight is 322 g/mol. The molecule has 0 fully saturated rings. The molecule has 0 saturated carbocycles. The highest BCUT2D eigenvalue weighted by Gasteiger charge is 2.35. The lowest BCUT2D eigenvalue weighted by molar-refractivity contribution is 0.0974. The molecular weight excluding hydrogens is 316 g/mol. The van der Waals surface area contributed by atoms with E-state index >= 15 is 0 Å². The highest BCUT2D eigenvalue weighted by molar-refractivity contribution is 7.81. The zero-order valence-electron chi connectivity index (χ0n) is 10.9. The van der Waals surface area contributed by atoms with E-state index in [9.17, 15) is 20.1 Å². The molecule has 3 rings (SSSR count). The molecule has 104 valence electrons. The quantitative estimate of drug-likeness (QED) is 0.624. The first kappa shape index (κ1) is 14.4. The molecule has 0 saturated heterocycles. The van der Waals surface area contributed by atoms with Gasteiger partial charge in [0.1, 0.15) is 12.1 Å². The fraction of sp³-hybridized carbons (Fsp3) is 0. The van der Waals surface area contributed by atoms with E-state index in [1.807, 2.05) is 12.1 Å². The van der Waals surface area contributed by atoms with Crippen LogP contribution in [-0.4, -0.2) is 11.6 Å². The Hall–Kier alpha value is -2.54. The van der Waals surface area contributed by atoms with Gasteiger partial charge in [0.05, 0.1) is 11.1 Å². The van der Waals surface area contributed by atoms with Crippen LogP contribution in [0.5, 0.6) is 0 Å². The summed E-state index contributed by atoms with van der Waals surface area (Å²) in [6.07, 6.45) is 0. The predicted octanol–water partition coefficient (Wildman–Crippen LogP) is 2.78. The number of hydrogen-bond acceptors (Lipinski definition) is 6. The van der Waals surface area contributed by atoms with Gasteiger partial charge in [-0.05, 0) is 0 Å². The SMILES string of the molecule is N#Cc1c(S)c2c(c(S)c1C#N)C(=O)c1ccccc1C2=O. The van der Waals surface area contributed by atoms with Crippen molar-refractivity contribution in [3.8, 4) is 12.1 Å². The smallest absolute Gasteiger partial charge is 0.195 e. The maximum atomic E-state index is 12.7. The van der Waals surface area contributed by atoms with Gasteiger partial charge in [0, 0.05) is 32.0 Å². The van der Waals surface area contributed by atoms with Crippen molar-refractivity contribution in [3.63, 3.8) is 0 Å². The summed E-state index contributed by atoms with van der Waals surface area (Å²) in [5.74, 6) is -0.794. The Balaban J connectivity index is 2.50. The average Bonchev–Trinajstić information content (AvgIpc) is 2.53. The standard InChI is InChI=1S/C16H6N2O2S2/c17-5-9-10(6-18)16(22)12-11(15(9)21)13(19)7-3-1-2-4-8(7)14(12)20/h1-4,21-22H. The van der Waals surface area contributed by atoms with Crippen molar-refractivity contribution in [2.75, 3.05) is 0 Å². The minimum Gasteiger partial charge on any atom is -0.289 e. The molecule has 0 heterocycles. The summed E-state index contributed by atoms with van der Waals surface area (Å²) in [6, 6.07) is 10.1. The number of rotatable bonds is 0. The van der Waals surface area contributed by atoms with Crippen molar-refractivity contribution in [3.05, 3.63) is 57.6 Å². The third kappa shape index (κ3) is 1.72. The fourth-order valence-electron chi connectivity index (χ4n) is 2.53. The van der Waals surface area contributed by atoms with Gasteiger partial charge >= 0.3 is 0 Å². The number of ketones is 2. The Morgan fingerprint density at radius 3 is 1.45 bits per heavy atom. The highest BCUT2D eigenvalue weighted by atomic mass is 32.1. The zero-order valence-corrected chi connectivity index (χ0v) is 12.7. The monoisotopic (exact) mass is 322 g/mol. The second-order valence-corrected chi connectivity index (χ2v) is 5.52. The van der Waals surface area contributed by atoms with Crippen molar-refractivity contribution in [2.45, 2.75) is 9.79 Å². The maximum Gasteiger partial charge on any atom is 0.195 e. The summed E-state index contributed by atoms with van der Waals surface area (Å²) in [5, 5.41) is 18.4. The summed E-state index contributed by atoms with van der Waals surface area (Å²) in [7, 11) is 0. The molecule has 0 atom stereocenters. The van der Waals surface area contributed by atoms with Gasteiger partial charge in [-0.3, -0.25) is 9.59 Å². The molecule has 4 nitrogen and oxygen atoms in total. The lowest BCUT2D eigenvalue weighted by Crippen LogP contribution is -2.23. The third-order valence-electron chi connectivity index (χ3n) is 3.54. The van der Waals surface area contributed by atoms with E-state index in [2.05, 4.69) is 25.3 Å². The molecule has 22 heavy (non-hydrogen) atoms. The minimum absolute atomic E-state index is 0.0348. The Bertz CT molecular complexity index is 888. The van der Waals surface area contributed by atoms with Crippen molar-refractivity contribution in [1.82, 2.24) is 0 Å². The molecule has 0 amide bonds. The minimum atomic E-state index is -0.397. The molecule has 2 aromatic rings. The van der Waals surface area contributed by atoms with Gasteiger partial charge in [0.2, 0.25) is 0 Å². The van der Waals surface area contributed by atoms with Gasteiger partial charge in [0.25, 0.3) is 0 Å². The maximum absolute atomic E-state index is 12.7. The Morgan fingerprint density at radius 2 is 1.14 bits per heavy atom. The number of thiol groups is 2. The van der Waals surface area contributed by atoms with E-state index in [4.69, 9.17) is 0 Å². The van der Waals surface area contributed by atoms with E-state index in [-0.39, 0.29) is 43.2 Å². The lowest BCUT2D eigenvalue weighted by Gasteiger charge is -2.21. The predicted molar refractivity (Wildman–Crippen MR) is 83.7 cm³/mol. The largest absolute Gasteiger partial charge is 0.289 e. The van der Waals surface area contributed by atoms with E-state index in [1.165, 1.54) is 0 Å². The van der Waals surface area contributed by atoms with Crippen molar-refractivity contribution in [1.29, 1.82) is 10.5 Å². The summed E-state index contributed by atoms with van der Waals surface area (Å²) >= 11 is 8.42. The van der Waals surface area contributed by atoms with E-state index in [1.54, 1.807) is 24.3 Å². The van der Waals surface area contributed by atoms with Crippen LogP contribution in [0.1, 0.15) is 43.0 Å². The summed E-state index contributed by atoms with van der Waals surface area (Å²) < 4.78 is 0. The number of hydrogen-bond donors (Lipinski definition) is 2. The number of nitriles is 2. The van der Waals surface area contributed by atoms with Crippen LogP contribution in [0.15, 0.2) is 34.1 Å². The molecule has 6 heteroatoms. The van der Waals surface area contributed by atoms with Crippen LogP contribution in [0.4, 0.5) is 0 Å². The van der Waals surface area contributed by atoms with Gasteiger partial charge in [-0.15, -0.1) is 25.3 Å². The first-order chi connectivity index (χ1) is 10.5. The topological polar surface area (TPSA) is 81.7 Å². The summed E-state index contributed by atoms with van der Waals surface area (Å²) in [4.78, 5) is 25.4. The van der Waals surface area contributed by atoms with Crippen molar-refractivity contribution in [2.24, 2.45) is 0 Å². The van der Waals surface area contributed by atoms with Gasteiger partial charge in [-0.2, -0.15) is 10.5 Å². The first-order valence-electron chi connectivity index (χ1n) is 6.13. The van der Waals surface area contributed by atoms with Crippen LogP contribution < -0.4 is 0 Å². The molecule has 1 aliphatic rings. The van der Waals surface area contributed by atoms with E-state index < -0.39 is 11.6 Å². The molecule has 0 aliphatic heterocycles. The van der Waals surface area contributed by atoms with Crippen LogP contribution in [0.3, 0.4) is 0 Å². The van der Waals surface area contributed by atoms with Crippen molar-refractivity contribution >= 4 is 36.8 Å². The number of benzene rings is 2. The molecule has 0 aromatic heterocycles.